The molecule has 0 saturated carbocycles. The quantitative estimate of drug-likeness (QED) is 0.0310. The van der Waals surface area contributed by atoms with E-state index in [1.54, 1.807) is 39.8 Å². The number of rotatable bonds is 33. The molecule has 0 aliphatic carbocycles. The van der Waals surface area contributed by atoms with Gasteiger partial charge in [0, 0.05) is 6.42 Å². The van der Waals surface area contributed by atoms with Crippen LogP contribution >= 0.6 is 0 Å². The number of nitrogens with two attached hydrogens (primary N) is 2. The van der Waals surface area contributed by atoms with E-state index < -0.39 is 144 Å². The van der Waals surface area contributed by atoms with Gasteiger partial charge in [0.25, 0.3) is 0 Å². The first-order valence-corrected chi connectivity index (χ1v) is 25.4. The van der Waals surface area contributed by atoms with Crippen molar-refractivity contribution in [2.75, 3.05) is 6.54 Å². The summed E-state index contributed by atoms with van der Waals surface area (Å²) in [4.78, 5) is 134. The lowest BCUT2D eigenvalue weighted by Gasteiger charge is -2.30. The molecule has 0 radical (unpaired) electrons. The van der Waals surface area contributed by atoms with Crippen molar-refractivity contribution in [1.29, 1.82) is 0 Å². The molecule has 27 nitrogen and oxygen atoms in total. The van der Waals surface area contributed by atoms with Crippen LogP contribution in [0, 0.1) is 11.8 Å². The normalized spacial score (nSPS) is 15.9. The summed E-state index contributed by atoms with van der Waals surface area (Å²) >= 11 is 0. The van der Waals surface area contributed by atoms with Crippen LogP contribution in [0.1, 0.15) is 91.7 Å². The fourth-order valence-electron chi connectivity index (χ4n) is 7.71. The summed E-state index contributed by atoms with van der Waals surface area (Å²) in [6, 6.07) is -3.13. The summed E-state index contributed by atoms with van der Waals surface area (Å²) in [5.74, 6) is -12.7. The molecule has 0 aliphatic rings. The van der Waals surface area contributed by atoms with E-state index in [1.807, 2.05) is 0 Å². The highest BCUT2D eigenvalue weighted by Crippen LogP contribution is 2.15. The number of carbonyl (C=O) groups is 10. The lowest BCUT2D eigenvalue weighted by Crippen LogP contribution is -2.63. The van der Waals surface area contributed by atoms with Crippen molar-refractivity contribution in [3.05, 3.63) is 59.7 Å². The molecule has 2 rings (SSSR count). The molecule has 12 atom stereocenters. The summed E-state index contributed by atoms with van der Waals surface area (Å²) < 4.78 is 0. The van der Waals surface area contributed by atoms with Gasteiger partial charge in [0.05, 0.1) is 30.8 Å². The lowest BCUT2D eigenvalue weighted by molar-refractivity contribution is -0.143. The Morgan fingerprint density at radius 1 is 0.462 bits per heavy atom. The molecular weight excluding hydrogens is 1020 g/mol. The Balaban J connectivity index is 2.32. The maximum Gasteiger partial charge on any atom is 0.326 e. The number of amides is 8. The number of aliphatic hydroxyl groups is 3. The summed E-state index contributed by atoms with van der Waals surface area (Å²) in [6.07, 6.45) is -6.06. The molecule has 0 aliphatic heterocycles. The van der Waals surface area contributed by atoms with Gasteiger partial charge in [-0.05, 0) is 107 Å². The Labute approximate surface area is 451 Å². The molecular formula is C51H78N10O17. The first-order valence-electron chi connectivity index (χ1n) is 25.4. The average Bonchev–Trinajstić information content (AvgIpc) is 3.34. The van der Waals surface area contributed by atoms with Gasteiger partial charge in [-0.25, -0.2) is 4.79 Å². The van der Waals surface area contributed by atoms with E-state index in [9.17, 15) is 83.7 Å². The molecule has 0 spiro atoms. The smallest absolute Gasteiger partial charge is 0.326 e. The van der Waals surface area contributed by atoms with Crippen molar-refractivity contribution in [1.82, 2.24) is 42.5 Å². The number of carboxylic acid groups (broad SMARTS) is 2. The van der Waals surface area contributed by atoms with Crippen LogP contribution < -0.4 is 54.0 Å². The third-order valence-electron chi connectivity index (χ3n) is 12.1. The van der Waals surface area contributed by atoms with E-state index in [4.69, 9.17) is 11.5 Å². The predicted molar refractivity (Wildman–Crippen MR) is 279 cm³/mol. The van der Waals surface area contributed by atoms with E-state index in [-0.39, 0.29) is 56.1 Å². The monoisotopic (exact) mass is 1100 g/mol. The maximum atomic E-state index is 14.0. The third-order valence-corrected chi connectivity index (χ3v) is 12.1. The van der Waals surface area contributed by atoms with Crippen LogP contribution in [0.15, 0.2) is 48.5 Å². The SMILES string of the molecule is CC(C)CC(NC(=O)C(CC(=O)O)NC(=O)C(CCCCN)NC(=O)C(NC(=O)C(NC(=O)C(N)Cc1ccc(O)cc1)C(C)C)C(C)O)C(=O)NC(C(=O)NC(C(=O)NC(Cc1ccc(O)cc1)C(=O)O)C(C)O)C(C)O. The van der Waals surface area contributed by atoms with E-state index in [2.05, 4.69) is 42.5 Å². The molecule has 27 heteroatoms. The number of nitrogens with one attached hydrogen (secondary N) is 8. The van der Waals surface area contributed by atoms with Crippen molar-refractivity contribution in [2.24, 2.45) is 23.3 Å². The highest BCUT2D eigenvalue weighted by molar-refractivity contribution is 5.99. The Morgan fingerprint density at radius 2 is 0.833 bits per heavy atom. The highest BCUT2D eigenvalue weighted by atomic mass is 16.4. The Kier molecular flexibility index (Phi) is 27.6. The fourth-order valence-corrected chi connectivity index (χ4v) is 7.71. The molecule has 0 saturated heterocycles. The third kappa shape index (κ3) is 22.6. The number of aliphatic hydroxyl groups excluding tert-OH is 3. The molecule has 434 valence electrons. The van der Waals surface area contributed by atoms with Gasteiger partial charge < -0.3 is 89.7 Å². The predicted octanol–water partition coefficient (Wildman–Crippen LogP) is -3.38. The molecule has 0 bridgehead atoms. The number of aliphatic carboxylic acids is 2. The van der Waals surface area contributed by atoms with Crippen LogP contribution in [0.3, 0.4) is 0 Å². The van der Waals surface area contributed by atoms with Gasteiger partial charge in [-0.3, -0.25) is 43.2 Å². The lowest BCUT2D eigenvalue weighted by atomic mass is 10.00. The molecule has 0 aromatic heterocycles. The second-order valence-electron chi connectivity index (χ2n) is 19.9. The van der Waals surface area contributed by atoms with Gasteiger partial charge >= 0.3 is 11.9 Å². The number of hydrogen-bond donors (Lipinski definition) is 17. The largest absolute Gasteiger partial charge is 0.508 e. The van der Waals surface area contributed by atoms with Gasteiger partial charge in [0.15, 0.2) is 0 Å². The molecule has 0 heterocycles. The van der Waals surface area contributed by atoms with Crippen molar-refractivity contribution >= 4 is 59.2 Å². The molecule has 12 unspecified atom stereocenters. The summed E-state index contributed by atoms with van der Waals surface area (Å²) in [7, 11) is 0. The number of benzene rings is 2. The molecule has 0 fully saturated rings. The number of phenols is 2. The molecule has 8 amide bonds. The number of carbonyl (C=O) groups excluding carboxylic acids is 8. The van der Waals surface area contributed by atoms with Crippen molar-refractivity contribution < 1.29 is 83.7 Å². The van der Waals surface area contributed by atoms with Crippen LogP contribution in [0.2, 0.25) is 0 Å². The second kappa shape index (κ2) is 32.3. The molecule has 2 aromatic rings. The van der Waals surface area contributed by atoms with Gasteiger partial charge in [0.1, 0.15) is 59.8 Å². The Hall–Kier alpha value is -7.46. The van der Waals surface area contributed by atoms with Crippen LogP contribution in [-0.4, -0.2) is 174 Å². The Bertz CT molecular complexity index is 2350. The number of phenolic OH excluding ortho intramolecular Hbond substituents is 2. The zero-order chi connectivity index (χ0) is 59.1. The zero-order valence-electron chi connectivity index (χ0n) is 44.7. The zero-order valence-corrected chi connectivity index (χ0v) is 44.7. The minimum Gasteiger partial charge on any atom is -0.508 e. The summed E-state index contributed by atoms with van der Waals surface area (Å²) in [5, 5.41) is 89.4. The number of hydrogen-bond acceptors (Lipinski definition) is 17. The van der Waals surface area contributed by atoms with Crippen LogP contribution in [-0.2, 0) is 60.8 Å². The fraction of sp³-hybridized carbons (Fsp3) is 0.569. The van der Waals surface area contributed by atoms with Gasteiger partial charge in [-0.2, -0.15) is 0 Å². The summed E-state index contributed by atoms with van der Waals surface area (Å²) in [6.45, 7) is 10.0. The number of carboxylic acids is 2. The van der Waals surface area contributed by atoms with E-state index in [1.165, 1.54) is 43.3 Å². The molecule has 78 heavy (non-hydrogen) atoms. The van der Waals surface area contributed by atoms with E-state index >= 15 is 0 Å². The van der Waals surface area contributed by atoms with Crippen molar-refractivity contribution in [3.8, 4) is 11.5 Å². The topological polar surface area (TPSA) is 461 Å². The van der Waals surface area contributed by atoms with E-state index in [0.29, 0.717) is 17.5 Å². The molecule has 2 aromatic carbocycles. The Morgan fingerprint density at radius 3 is 1.26 bits per heavy atom. The van der Waals surface area contributed by atoms with Crippen molar-refractivity contribution in [2.45, 2.75) is 166 Å². The van der Waals surface area contributed by atoms with Gasteiger partial charge in [-0.15, -0.1) is 0 Å². The van der Waals surface area contributed by atoms with Gasteiger partial charge in [-0.1, -0.05) is 52.0 Å². The molecule has 19 N–H and O–H groups in total. The summed E-state index contributed by atoms with van der Waals surface area (Å²) in [5.41, 5.74) is 12.8. The minimum atomic E-state index is -1.93. The van der Waals surface area contributed by atoms with Crippen LogP contribution in [0.5, 0.6) is 11.5 Å². The number of unbranched alkanes of at least 4 members (excludes halogenated alkanes) is 1. The van der Waals surface area contributed by atoms with Crippen LogP contribution in [0.4, 0.5) is 0 Å². The number of aromatic hydroxyl groups is 2. The first kappa shape index (κ1) is 66.7. The van der Waals surface area contributed by atoms with E-state index in [0.717, 1.165) is 13.8 Å². The van der Waals surface area contributed by atoms with Crippen molar-refractivity contribution in [3.63, 3.8) is 0 Å². The van der Waals surface area contributed by atoms with Crippen LogP contribution in [0.25, 0.3) is 0 Å². The second-order valence-corrected chi connectivity index (χ2v) is 19.9. The average molecular weight is 1100 g/mol. The maximum absolute atomic E-state index is 14.0. The highest BCUT2D eigenvalue weighted by Gasteiger charge is 2.38. The first-order chi connectivity index (χ1) is 36.4. The standard InChI is InChI=1S/C51H78N10O17/c1-24(2)20-35(46(72)59-42(28(7)64)50(76)61-41(27(6)63)49(75)57-37(51(77)78)22-30-13-17-32(66)18-14-30)55-45(71)36(23-38(67)68)56-44(70)34(10-8-9-19-52)54-48(74)40(26(5)62)60-47(73)39(25(3)4)58-43(69)33(53)21-29-11-15-31(65)16-12-29/h11-18,24-28,33-37,39-42,62-66H,8-10,19-23,52-53H2,1-7H3,(H,54,74)(H,55,71)(H,56,70)(H,57,75)(H,58,69)(H,59,72)(H,60,73)(H,61,76)(H,67,68)(H,77,78). The van der Waals surface area contributed by atoms with Gasteiger partial charge in [0.2, 0.25) is 47.3 Å². The minimum absolute atomic E-state index is 0.00378.